The lowest BCUT2D eigenvalue weighted by Crippen LogP contribution is -1.95. The minimum atomic E-state index is 0.138. The summed E-state index contributed by atoms with van der Waals surface area (Å²) in [5.41, 5.74) is 7.65. The van der Waals surface area contributed by atoms with E-state index in [1.807, 2.05) is 44.2 Å². The molecule has 3 aromatic carbocycles. The smallest absolute Gasteiger partial charge is 0.161 e. The number of ether oxygens (including phenoxy) is 1. The van der Waals surface area contributed by atoms with Crippen LogP contribution < -0.4 is 4.74 Å². The van der Waals surface area contributed by atoms with Gasteiger partial charge in [0.15, 0.2) is 11.5 Å². The van der Waals surface area contributed by atoms with E-state index in [9.17, 15) is 10.2 Å². The molecule has 3 heteroatoms. The van der Waals surface area contributed by atoms with Crippen LogP contribution in [0.5, 0.6) is 17.2 Å². The number of phenolic OH excluding ortho intramolecular Hbond substituents is 2. The zero-order valence-corrected chi connectivity index (χ0v) is 16.8. The fourth-order valence-electron chi connectivity index (χ4n) is 3.18. The first kappa shape index (κ1) is 19.6. The molecule has 0 aliphatic rings. The summed E-state index contributed by atoms with van der Waals surface area (Å²) in [4.78, 5) is 0. The summed E-state index contributed by atoms with van der Waals surface area (Å²) in [5, 5.41) is 19.9. The SMILES string of the molecule is CC(C)=CCOc1ccc(-c2cc(C)c(-c3ccc(O)cc3)cc2C)cc1O. The maximum atomic E-state index is 10.4. The third-order valence-corrected chi connectivity index (χ3v) is 4.75. The number of aryl methyl sites for hydroxylation is 2. The fourth-order valence-corrected chi connectivity index (χ4v) is 3.18. The molecule has 0 aromatic heterocycles. The summed E-state index contributed by atoms with van der Waals surface area (Å²) in [6.45, 7) is 8.60. The third kappa shape index (κ3) is 4.37. The molecule has 0 amide bonds. The Balaban J connectivity index is 1.91. The van der Waals surface area contributed by atoms with Gasteiger partial charge in [-0.15, -0.1) is 0 Å². The van der Waals surface area contributed by atoms with Crippen LogP contribution in [0.4, 0.5) is 0 Å². The van der Waals surface area contributed by atoms with Gasteiger partial charge in [-0.05, 0) is 91.4 Å². The predicted octanol–water partition coefficient (Wildman–Crippen LogP) is 6.39. The van der Waals surface area contributed by atoms with Crippen molar-refractivity contribution in [3.8, 4) is 39.5 Å². The van der Waals surface area contributed by atoms with Crippen LogP contribution in [0.1, 0.15) is 25.0 Å². The second kappa shape index (κ2) is 8.22. The first-order valence-electron chi connectivity index (χ1n) is 9.35. The summed E-state index contributed by atoms with van der Waals surface area (Å²) < 4.78 is 5.63. The van der Waals surface area contributed by atoms with Crippen molar-refractivity contribution >= 4 is 0 Å². The third-order valence-electron chi connectivity index (χ3n) is 4.75. The van der Waals surface area contributed by atoms with Crippen LogP contribution in [0.25, 0.3) is 22.3 Å². The first-order chi connectivity index (χ1) is 13.3. The van der Waals surface area contributed by atoms with Crippen molar-refractivity contribution in [1.29, 1.82) is 0 Å². The van der Waals surface area contributed by atoms with Crippen molar-refractivity contribution in [1.82, 2.24) is 0 Å². The van der Waals surface area contributed by atoms with Crippen LogP contribution >= 0.6 is 0 Å². The van der Waals surface area contributed by atoms with Crippen LogP contribution in [0.15, 0.2) is 66.2 Å². The van der Waals surface area contributed by atoms with E-state index in [1.165, 1.54) is 5.57 Å². The van der Waals surface area contributed by atoms with Gasteiger partial charge in [0.05, 0.1) is 0 Å². The minimum absolute atomic E-state index is 0.138. The largest absolute Gasteiger partial charge is 0.508 e. The van der Waals surface area contributed by atoms with E-state index >= 15 is 0 Å². The Morgan fingerprint density at radius 3 is 1.96 bits per heavy atom. The van der Waals surface area contributed by atoms with Gasteiger partial charge < -0.3 is 14.9 Å². The molecule has 0 heterocycles. The Labute approximate surface area is 166 Å². The molecule has 3 nitrogen and oxygen atoms in total. The van der Waals surface area contributed by atoms with Crippen molar-refractivity contribution in [2.24, 2.45) is 0 Å². The molecule has 0 spiro atoms. The lowest BCUT2D eigenvalue weighted by Gasteiger charge is -2.14. The average molecular weight is 374 g/mol. The zero-order chi connectivity index (χ0) is 20.3. The molecule has 0 unspecified atom stereocenters. The van der Waals surface area contributed by atoms with E-state index in [2.05, 4.69) is 26.0 Å². The van der Waals surface area contributed by atoms with Crippen molar-refractivity contribution < 1.29 is 14.9 Å². The number of hydrogen-bond donors (Lipinski definition) is 2. The van der Waals surface area contributed by atoms with Gasteiger partial charge in [-0.2, -0.15) is 0 Å². The maximum absolute atomic E-state index is 10.4. The Bertz CT molecular complexity index is 1010. The Morgan fingerprint density at radius 2 is 1.39 bits per heavy atom. The maximum Gasteiger partial charge on any atom is 0.161 e. The summed E-state index contributed by atoms with van der Waals surface area (Å²) in [6.07, 6.45) is 1.98. The summed E-state index contributed by atoms with van der Waals surface area (Å²) >= 11 is 0. The Kier molecular flexibility index (Phi) is 5.74. The number of benzene rings is 3. The van der Waals surface area contributed by atoms with Gasteiger partial charge in [0.25, 0.3) is 0 Å². The molecule has 28 heavy (non-hydrogen) atoms. The normalized spacial score (nSPS) is 10.6. The standard InChI is InChI=1S/C25H26O3/c1-16(2)11-12-28-25-10-7-20(15-24(25)27)23-14-17(3)22(13-18(23)4)19-5-8-21(26)9-6-19/h5-11,13-15,26-27H,12H2,1-4H3. The summed E-state index contributed by atoms with van der Waals surface area (Å²) in [6, 6.07) is 17.0. The first-order valence-corrected chi connectivity index (χ1v) is 9.35. The van der Waals surface area contributed by atoms with Gasteiger partial charge in [0.1, 0.15) is 12.4 Å². The van der Waals surface area contributed by atoms with Crippen molar-refractivity contribution in [3.05, 3.63) is 77.4 Å². The average Bonchev–Trinajstić information content (AvgIpc) is 2.65. The van der Waals surface area contributed by atoms with Crippen molar-refractivity contribution in [2.75, 3.05) is 6.61 Å². The second-order valence-electron chi connectivity index (χ2n) is 7.30. The highest BCUT2D eigenvalue weighted by Gasteiger charge is 2.11. The van der Waals surface area contributed by atoms with E-state index < -0.39 is 0 Å². The molecule has 0 saturated heterocycles. The van der Waals surface area contributed by atoms with Crippen molar-refractivity contribution in [3.63, 3.8) is 0 Å². The minimum Gasteiger partial charge on any atom is -0.508 e. The summed E-state index contributed by atoms with van der Waals surface area (Å²) in [5.74, 6) is 0.882. The predicted molar refractivity (Wildman–Crippen MR) is 115 cm³/mol. The lowest BCUT2D eigenvalue weighted by molar-refractivity contribution is 0.335. The van der Waals surface area contributed by atoms with Crippen LogP contribution in [0, 0.1) is 13.8 Å². The molecular weight excluding hydrogens is 348 g/mol. The molecule has 144 valence electrons. The highest BCUT2D eigenvalue weighted by molar-refractivity contribution is 5.77. The molecule has 0 fully saturated rings. The van der Waals surface area contributed by atoms with Crippen LogP contribution in [-0.2, 0) is 0 Å². The highest BCUT2D eigenvalue weighted by Crippen LogP contribution is 2.36. The van der Waals surface area contributed by atoms with Gasteiger partial charge in [-0.3, -0.25) is 0 Å². The van der Waals surface area contributed by atoms with Gasteiger partial charge in [0.2, 0.25) is 0 Å². The number of hydrogen-bond acceptors (Lipinski definition) is 3. The van der Waals surface area contributed by atoms with E-state index in [0.717, 1.165) is 33.4 Å². The van der Waals surface area contributed by atoms with Crippen LogP contribution in [0.3, 0.4) is 0 Å². The second-order valence-corrected chi connectivity index (χ2v) is 7.30. The van der Waals surface area contributed by atoms with Crippen LogP contribution in [0.2, 0.25) is 0 Å². The molecule has 0 aliphatic heterocycles. The highest BCUT2D eigenvalue weighted by atomic mass is 16.5. The van der Waals surface area contributed by atoms with E-state index in [-0.39, 0.29) is 11.5 Å². The Hall–Kier alpha value is -3.20. The fraction of sp³-hybridized carbons (Fsp3) is 0.200. The summed E-state index contributed by atoms with van der Waals surface area (Å²) in [7, 11) is 0. The van der Waals surface area contributed by atoms with Crippen LogP contribution in [-0.4, -0.2) is 16.8 Å². The molecule has 0 radical (unpaired) electrons. The quantitative estimate of drug-likeness (QED) is 0.509. The van der Waals surface area contributed by atoms with Gasteiger partial charge in [0, 0.05) is 0 Å². The molecule has 0 bridgehead atoms. The Morgan fingerprint density at radius 1 is 0.821 bits per heavy atom. The van der Waals surface area contributed by atoms with Gasteiger partial charge in [-0.25, -0.2) is 0 Å². The van der Waals surface area contributed by atoms with E-state index in [0.29, 0.717) is 12.4 Å². The number of allylic oxidation sites excluding steroid dienone is 1. The molecule has 0 atom stereocenters. The topological polar surface area (TPSA) is 49.7 Å². The molecule has 0 aliphatic carbocycles. The van der Waals surface area contributed by atoms with E-state index in [1.54, 1.807) is 18.2 Å². The van der Waals surface area contributed by atoms with E-state index in [4.69, 9.17) is 4.74 Å². The molecule has 0 saturated carbocycles. The molecule has 3 aromatic rings. The van der Waals surface area contributed by atoms with Gasteiger partial charge >= 0.3 is 0 Å². The van der Waals surface area contributed by atoms with Gasteiger partial charge in [-0.1, -0.05) is 35.9 Å². The monoisotopic (exact) mass is 374 g/mol. The van der Waals surface area contributed by atoms with Crippen molar-refractivity contribution in [2.45, 2.75) is 27.7 Å². The lowest BCUT2D eigenvalue weighted by atomic mass is 9.92. The number of rotatable bonds is 5. The number of aromatic hydroxyl groups is 2. The molecule has 2 N–H and O–H groups in total. The molecule has 3 rings (SSSR count). The zero-order valence-electron chi connectivity index (χ0n) is 16.8. The molecular formula is C25H26O3. The number of phenols is 2.